The topological polar surface area (TPSA) is 42.0 Å². The minimum absolute atomic E-state index is 0.0820. The van der Waals surface area contributed by atoms with Crippen LogP contribution in [0.15, 0.2) is 48.8 Å². The zero-order valence-electron chi connectivity index (χ0n) is 12.1. The smallest absolute Gasteiger partial charge is 0.224 e. The molecule has 1 N–H and O–H groups in total. The second-order valence-electron chi connectivity index (χ2n) is 5.72. The molecule has 1 aromatic carbocycles. The molecule has 1 amide bonds. The van der Waals surface area contributed by atoms with Crippen LogP contribution in [0.1, 0.15) is 23.1 Å². The molecule has 3 rings (SSSR count). The van der Waals surface area contributed by atoms with Gasteiger partial charge < -0.3 is 5.32 Å². The van der Waals surface area contributed by atoms with Crippen molar-refractivity contribution in [3.8, 4) is 0 Å². The summed E-state index contributed by atoms with van der Waals surface area (Å²) in [7, 11) is 0. The molecule has 108 valence electrons. The lowest BCUT2D eigenvalue weighted by atomic mass is 10.0. The first-order chi connectivity index (χ1) is 10.3. The highest BCUT2D eigenvalue weighted by Gasteiger charge is 2.20. The normalized spacial score (nSPS) is 13.9. The molecule has 0 aliphatic heterocycles. The number of amides is 1. The highest BCUT2D eigenvalue weighted by molar-refractivity contribution is 5.78. The first kappa shape index (κ1) is 13.8. The summed E-state index contributed by atoms with van der Waals surface area (Å²) in [5, 5.41) is 3.02. The molecule has 0 radical (unpaired) electrons. The van der Waals surface area contributed by atoms with Gasteiger partial charge in [-0.05, 0) is 47.9 Å². The largest absolute Gasteiger partial charge is 0.356 e. The molecule has 3 nitrogen and oxygen atoms in total. The van der Waals surface area contributed by atoms with E-state index in [-0.39, 0.29) is 5.91 Å². The monoisotopic (exact) mass is 280 g/mol. The van der Waals surface area contributed by atoms with Crippen LogP contribution in [0.2, 0.25) is 0 Å². The Morgan fingerprint density at radius 3 is 2.57 bits per heavy atom. The number of hydrogen-bond acceptors (Lipinski definition) is 2. The Hall–Kier alpha value is -2.16. The molecule has 0 spiro atoms. The first-order valence-corrected chi connectivity index (χ1v) is 7.53. The van der Waals surface area contributed by atoms with Gasteiger partial charge in [-0.1, -0.05) is 30.3 Å². The summed E-state index contributed by atoms with van der Waals surface area (Å²) in [6, 6.07) is 12.4. The Bertz CT molecular complexity index is 585. The van der Waals surface area contributed by atoms with E-state index in [0.29, 0.717) is 12.3 Å². The van der Waals surface area contributed by atoms with Crippen LogP contribution in [-0.4, -0.2) is 17.4 Å². The van der Waals surface area contributed by atoms with Gasteiger partial charge in [-0.25, -0.2) is 0 Å². The van der Waals surface area contributed by atoms with Gasteiger partial charge in [0.2, 0.25) is 5.91 Å². The van der Waals surface area contributed by atoms with E-state index in [1.807, 2.05) is 12.1 Å². The number of carbonyl (C=O) groups excluding carboxylic acids is 1. The number of benzene rings is 1. The van der Waals surface area contributed by atoms with Crippen LogP contribution in [0.4, 0.5) is 0 Å². The van der Waals surface area contributed by atoms with Crippen molar-refractivity contribution < 1.29 is 4.79 Å². The van der Waals surface area contributed by atoms with Gasteiger partial charge in [-0.2, -0.15) is 0 Å². The highest BCUT2D eigenvalue weighted by Crippen LogP contribution is 2.28. The van der Waals surface area contributed by atoms with Crippen LogP contribution in [-0.2, 0) is 24.1 Å². The van der Waals surface area contributed by atoms with Crippen molar-refractivity contribution in [2.45, 2.75) is 25.7 Å². The number of nitrogens with zero attached hydrogens (tertiary/aromatic N) is 1. The maximum atomic E-state index is 11.9. The van der Waals surface area contributed by atoms with E-state index in [4.69, 9.17) is 0 Å². The third-order valence-electron chi connectivity index (χ3n) is 4.10. The SMILES string of the molecule is O=C(Cc1cccnc1)NCCC1Cc2ccccc2C1. The van der Waals surface area contributed by atoms with Gasteiger partial charge in [-0.3, -0.25) is 9.78 Å². The summed E-state index contributed by atoms with van der Waals surface area (Å²) >= 11 is 0. The zero-order valence-corrected chi connectivity index (χ0v) is 12.1. The fraction of sp³-hybridized carbons (Fsp3) is 0.333. The minimum Gasteiger partial charge on any atom is -0.356 e. The lowest BCUT2D eigenvalue weighted by Crippen LogP contribution is -2.27. The number of hydrogen-bond donors (Lipinski definition) is 1. The van der Waals surface area contributed by atoms with E-state index in [2.05, 4.69) is 34.6 Å². The third kappa shape index (κ3) is 3.69. The molecule has 0 unspecified atom stereocenters. The number of pyridine rings is 1. The number of rotatable bonds is 5. The van der Waals surface area contributed by atoms with Crippen LogP contribution in [0.5, 0.6) is 0 Å². The van der Waals surface area contributed by atoms with Gasteiger partial charge in [0.05, 0.1) is 6.42 Å². The van der Waals surface area contributed by atoms with Gasteiger partial charge in [0.15, 0.2) is 0 Å². The summed E-state index contributed by atoms with van der Waals surface area (Å²) < 4.78 is 0. The molecule has 1 heterocycles. The van der Waals surface area contributed by atoms with E-state index in [1.54, 1.807) is 12.4 Å². The third-order valence-corrected chi connectivity index (χ3v) is 4.10. The fourth-order valence-electron chi connectivity index (χ4n) is 3.02. The lowest BCUT2D eigenvalue weighted by molar-refractivity contribution is -0.120. The second kappa shape index (κ2) is 6.53. The van der Waals surface area contributed by atoms with Crippen molar-refractivity contribution in [1.82, 2.24) is 10.3 Å². The van der Waals surface area contributed by atoms with Crippen LogP contribution >= 0.6 is 0 Å². The Morgan fingerprint density at radius 2 is 1.90 bits per heavy atom. The molecule has 21 heavy (non-hydrogen) atoms. The van der Waals surface area contributed by atoms with Gasteiger partial charge in [0.25, 0.3) is 0 Å². The van der Waals surface area contributed by atoms with Gasteiger partial charge in [-0.15, -0.1) is 0 Å². The maximum absolute atomic E-state index is 11.9. The molecule has 1 aliphatic carbocycles. The number of aromatic nitrogens is 1. The van der Waals surface area contributed by atoms with Crippen LogP contribution < -0.4 is 5.32 Å². The summed E-state index contributed by atoms with van der Waals surface area (Å²) in [5.41, 5.74) is 3.91. The molecule has 3 heteroatoms. The summed E-state index contributed by atoms with van der Waals surface area (Å²) in [4.78, 5) is 15.9. The summed E-state index contributed by atoms with van der Waals surface area (Å²) in [6.45, 7) is 0.762. The average molecular weight is 280 g/mol. The van der Waals surface area contributed by atoms with Crippen molar-refractivity contribution >= 4 is 5.91 Å². The van der Waals surface area contributed by atoms with E-state index < -0.39 is 0 Å². The molecule has 0 saturated heterocycles. The molecule has 0 fully saturated rings. The molecular weight excluding hydrogens is 260 g/mol. The standard InChI is InChI=1S/C18H20N2O/c21-18(12-15-4-3-8-19-13-15)20-9-7-14-10-16-5-1-2-6-17(16)11-14/h1-6,8,13-14H,7,9-12H2,(H,20,21). The molecule has 0 saturated carbocycles. The zero-order chi connectivity index (χ0) is 14.5. The van der Waals surface area contributed by atoms with Gasteiger partial charge in [0, 0.05) is 18.9 Å². The van der Waals surface area contributed by atoms with Crippen LogP contribution in [0.3, 0.4) is 0 Å². The predicted molar refractivity (Wildman–Crippen MR) is 82.9 cm³/mol. The number of nitrogens with one attached hydrogen (secondary N) is 1. The van der Waals surface area contributed by atoms with Crippen molar-refractivity contribution in [2.24, 2.45) is 5.92 Å². The Labute approximate surface area is 125 Å². The Kier molecular flexibility index (Phi) is 4.29. The molecular formula is C18H20N2O. The van der Waals surface area contributed by atoms with Gasteiger partial charge >= 0.3 is 0 Å². The summed E-state index contributed by atoms with van der Waals surface area (Å²) in [6.07, 6.45) is 7.22. The maximum Gasteiger partial charge on any atom is 0.224 e. The van der Waals surface area contributed by atoms with Crippen LogP contribution in [0.25, 0.3) is 0 Å². The predicted octanol–water partition coefficient (Wildman–Crippen LogP) is 2.55. The molecule has 1 aliphatic rings. The average Bonchev–Trinajstić information content (AvgIpc) is 2.91. The van der Waals surface area contributed by atoms with Crippen molar-refractivity contribution in [3.63, 3.8) is 0 Å². The quantitative estimate of drug-likeness (QED) is 0.914. The summed E-state index contributed by atoms with van der Waals surface area (Å²) in [5.74, 6) is 0.750. The lowest BCUT2D eigenvalue weighted by Gasteiger charge is -2.10. The molecule has 0 atom stereocenters. The van der Waals surface area contributed by atoms with E-state index in [9.17, 15) is 4.79 Å². The van der Waals surface area contributed by atoms with Gasteiger partial charge in [0.1, 0.15) is 0 Å². The molecule has 1 aromatic heterocycles. The fourth-order valence-corrected chi connectivity index (χ4v) is 3.02. The van der Waals surface area contributed by atoms with E-state index in [0.717, 1.165) is 31.4 Å². The minimum atomic E-state index is 0.0820. The molecule has 0 bridgehead atoms. The number of carbonyl (C=O) groups is 1. The Balaban J connectivity index is 1.40. The first-order valence-electron chi connectivity index (χ1n) is 7.53. The van der Waals surface area contributed by atoms with Crippen molar-refractivity contribution in [2.75, 3.05) is 6.54 Å². The van der Waals surface area contributed by atoms with E-state index >= 15 is 0 Å². The number of fused-ring (bicyclic) bond motifs is 1. The van der Waals surface area contributed by atoms with E-state index in [1.165, 1.54) is 11.1 Å². The second-order valence-corrected chi connectivity index (χ2v) is 5.72. The Morgan fingerprint density at radius 1 is 1.14 bits per heavy atom. The van der Waals surface area contributed by atoms with Crippen molar-refractivity contribution in [1.29, 1.82) is 0 Å². The highest BCUT2D eigenvalue weighted by atomic mass is 16.1. The van der Waals surface area contributed by atoms with Crippen LogP contribution in [0, 0.1) is 5.92 Å². The van der Waals surface area contributed by atoms with Crippen molar-refractivity contribution in [3.05, 3.63) is 65.5 Å². The molecule has 2 aromatic rings.